The first kappa shape index (κ1) is 20.2. The van der Waals surface area contributed by atoms with Crippen LogP contribution in [0.15, 0.2) is 18.2 Å². The Balaban J connectivity index is 2.07. The van der Waals surface area contributed by atoms with E-state index in [1.807, 2.05) is 0 Å². The highest BCUT2D eigenvalue weighted by molar-refractivity contribution is 7.89. The topological polar surface area (TPSA) is 131 Å². The van der Waals surface area contributed by atoms with Gasteiger partial charge in [0.15, 0.2) is 0 Å². The van der Waals surface area contributed by atoms with E-state index in [0.29, 0.717) is 5.56 Å². The average Bonchev–Trinajstić information content (AvgIpc) is 2.60. The molecule has 1 atom stereocenters. The average molecular weight is 384 g/mol. The number of benzene rings is 1. The molecular weight excluding hydrogens is 363 g/mol. The third-order valence-electron chi connectivity index (χ3n) is 3.87. The molecule has 11 heteroatoms. The fraction of sp³-hybridized carbons (Fsp3) is 0.467. The van der Waals surface area contributed by atoms with Crippen molar-refractivity contribution in [1.29, 1.82) is 0 Å². The van der Waals surface area contributed by atoms with Gasteiger partial charge in [0.05, 0.1) is 18.3 Å². The molecule has 1 amide bonds. The zero-order valence-electron chi connectivity index (χ0n) is 14.5. The van der Waals surface area contributed by atoms with Crippen molar-refractivity contribution in [3.05, 3.63) is 29.3 Å². The molecule has 26 heavy (non-hydrogen) atoms. The Labute approximate surface area is 152 Å². The molecule has 0 aliphatic carbocycles. The van der Waals surface area contributed by atoms with Crippen molar-refractivity contribution in [1.82, 2.24) is 10.0 Å². The fourth-order valence-electron chi connectivity index (χ4n) is 2.53. The van der Waals surface area contributed by atoms with Gasteiger partial charge < -0.3 is 19.7 Å². The molecule has 0 saturated heterocycles. The van der Waals surface area contributed by atoms with Gasteiger partial charge in [-0.2, -0.15) is 0 Å². The molecule has 3 N–H and O–H groups in total. The van der Waals surface area contributed by atoms with Gasteiger partial charge in [0.2, 0.25) is 15.9 Å². The van der Waals surface area contributed by atoms with Crippen LogP contribution in [0.25, 0.3) is 0 Å². The number of para-hydroxylation sites is 1. The number of hydrogen-bond acceptors (Lipinski definition) is 7. The summed E-state index contributed by atoms with van der Waals surface area (Å²) in [6.45, 7) is 1.89. The summed E-state index contributed by atoms with van der Waals surface area (Å²) in [5.74, 6) is -1.98. The predicted octanol–water partition coefficient (Wildman–Crippen LogP) is -0.758. The summed E-state index contributed by atoms with van der Waals surface area (Å²) in [6, 6.07) is 4.91. The molecular formula is C15H21BN2O7S. The van der Waals surface area contributed by atoms with Gasteiger partial charge in [-0.25, -0.2) is 17.9 Å². The first-order valence-corrected chi connectivity index (χ1v) is 9.77. The van der Waals surface area contributed by atoms with Crippen molar-refractivity contribution < 1.29 is 32.4 Å². The van der Waals surface area contributed by atoms with Crippen molar-refractivity contribution in [3.8, 4) is 5.75 Å². The number of amides is 1. The molecule has 0 unspecified atom stereocenters. The second-order valence-corrected chi connectivity index (χ2v) is 7.72. The maximum atomic E-state index is 12.0. The number of ether oxygens (including phenoxy) is 1. The second kappa shape index (κ2) is 8.52. The Morgan fingerprint density at radius 1 is 1.42 bits per heavy atom. The Morgan fingerprint density at radius 2 is 2.15 bits per heavy atom. The number of fused-ring (bicyclic) bond motifs is 1. The minimum Gasteiger partial charge on any atom is -0.534 e. The number of rotatable bonds is 7. The molecule has 1 heterocycles. The summed E-state index contributed by atoms with van der Waals surface area (Å²) in [5, 5.41) is 12.7. The summed E-state index contributed by atoms with van der Waals surface area (Å²) in [7, 11) is -3.60. The number of carbonyl (C=O) groups excluding carboxylic acids is 2. The predicted molar refractivity (Wildman–Crippen MR) is 94.1 cm³/mol. The SMILES string of the molecule is CCOC(=O)c1cccc2c1OB(O)[C@@H](NC(=O)CCS(=O)(=O)NC)C2. The van der Waals surface area contributed by atoms with Crippen molar-refractivity contribution >= 4 is 29.0 Å². The number of carbonyl (C=O) groups is 2. The lowest BCUT2D eigenvalue weighted by Gasteiger charge is -2.29. The Morgan fingerprint density at radius 3 is 2.81 bits per heavy atom. The number of nitrogens with one attached hydrogen (secondary N) is 2. The van der Waals surface area contributed by atoms with Crippen molar-refractivity contribution in [2.75, 3.05) is 19.4 Å². The first-order valence-electron chi connectivity index (χ1n) is 8.11. The lowest BCUT2D eigenvalue weighted by Crippen LogP contribution is -2.53. The van der Waals surface area contributed by atoms with Crippen LogP contribution in [0.4, 0.5) is 0 Å². The van der Waals surface area contributed by atoms with Crippen LogP contribution in [0.2, 0.25) is 0 Å². The molecule has 2 rings (SSSR count). The van der Waals surface area contributed by atoms with E-state index in [9.17, 15) is 23.0 Å². The van der Waals surface area contributed by atoms with E-state index >= 15 is 0 Å². The maximum absolute atomic E-state index is 12.0. The number of esters is 1. The molecule has 0 bridgehead atoms. The minimum absolute atomic E-state index is 0.202. The lowest BCUT2D eigenvalue weighted by atomic mass is 9.72. The zero-order chi connectivity index (χ0) is 19.3. The second-order valence-electron chi connectivity index (χ2n) is 5.67. The van der Waals surface area contributed by atoms with Gasteiger partial charge in [0.1, 0.15) is 11.3 Å². The summed E-state index contributed by atoms with van der Waals surface area (Å²) in [4.78, 5) is 23.9. The summed E-state index contributed by atoms with van der Waals surface area (Å²) < 4.78 is 35.2. The molecule has 1 aromatic carbocycles. The molecule has 0 aromatic heterocycles. The number of hydrogen-bond donors (Lipinski definition) is 3. The van der Waals surface area contributed by atoms with Gasteiger partial charge in [-0.05, 0) is 32.0 Å². The normalized spacial score (nSPS) is 16.4. The Hall–Kier alpha value is -2.11. The quantitative estimate of drug-likeness (QED) is 0.416. The maximum Gasteiger partial charge on any atom is 0.547 e. The van der Waals surface area contributed by atoms with Crippen LogP contribution in [0.1, 0.15) is 29.3 Å². The van der Waals surface area contributed by atoms with Crippen LogP contribution in [0.5, 0.6) is 5.75 Å². The summed E-state index contributed by atoms with van der Waals surface area (Å²) in [6.07, 6.45) is -0.0175. The van der Waals surface area contributed by atoms with Gasteiger partial charge in [0.25, 0.3) is 0 Å². The van der Waals surface area contributed by atoms with Gasteiger partial charge >= 0.3 is 13.1 Å². The van der Waals surface area contributed by atoms with Crippen LogP contribution in [0, 0.1) is 0 Å². The highest BCUT2D eigenvalue weighted by Crippen LogP contribution is 2.30. The summed E-state index contributed by atoms with van der Waals surface area (Å²) >= 11 is 0. The monoisotopic (exact) mass is 384 g/mol. The third-order valence-corrected chi connectivity index (χ3v) is 5.23. The minimum atomic E-state index is -3.49. The van der Waals surface area contributed by atoms with Crippen molar-refractivity contribution in [3.63, 3.8) is 0 Å². The smallest absolute Gasteiger partial charge is 0.534 e. The molecule has 9 nitrogen and oxygen atoms in total. The molecule has 1 aliphatic rings. The van der Waals surface area contributed by atoms with E-state index in [1.54, 1.807) is 19.1 Å². The van der Waals surface area contributed by atoms with Crippen LogP contribution in [0.3, 0.4) is 0 Å². The molecule has 0 fully saturated rings. The molecule has 142 valence electrons. The van der Waals surface area contributed by atoms with Crippen molar-refractivity contribution in [2.24, 2.45) is 0 Å². The molecule has 0 spiro atoms. The van der Waals surface area contributed by atoms with Crippen LogP contribution >= 0.6 is 0 Å². The first-order chi connectivity index (χ1) is 12.3. The van der Waals surface area contributed by atoms with Gasteiger partial charge in [-0.3, -0.25) is 4.79 Å². The molecule has 1 aliphatic heterocycles. The van der Waals surface area contributed by atoms with E-state index in [1.165, 1.54) is 13.1 Å². The largest absolute Gasteiger partial charge is 0.547 e. The number of sulfonamides is 1. The third kappa shape index (κ3) is 4.96. The van der Waals surface area contributed by atoms with E-state index in [0.717, 1.165) is 0 Å². The van der Waals surface area contributed by atoms with E-state index in [2.05, 4.69) is 10.0 Å². The van der Waals surface area contributed by atoms with Crippen LogP contribution in [-0.2, 0) is 26.0 Å². The zero-order valence-corrected chi connectivity index (χ0v) is 15.3. The van der Waals surface area contributed by atoms with Crippen molar-refractivity contribution in [2.45, 2.75) is 25.7 Å². The van der Waals surface area contributed by atoms with Gasteiger partial charge in [-0.15, -0.1) is 0 Å². The Bertz CT molecular complexity index is 784. The van der Waals surface area contributed by atoms with Crippen LogP contribution < -0.4 is 14.7 Å². The summed E-state index contributed by atoms with van der Waals surface area (Å²) in [5.41, 5.74) is 0.835. The molecule has 1 aromatic rings. The van der Waals surface area contributed by atoms with E-state index in [4.69, 9.17) is 9.39 Å². The molecule has 0 saturated carbocycles. The van der Waals surface area contributed by atoms with Crippen LogP contribution in [-0.4, -0.2) is 57.8 Å². The van der Waals surface area contributed by atoms with E-state index in [-0.39, 0.29) is 36.5 Å². The highest BCUT2D eigenvalue weighted by Gasteiger charge is 2.37. The Kier molecular flexibility index (Phi) is 6.62. The van der Waals surface area contributed by atoms with E-state index < -0.39 is 35.0 Å². The highest BCUT2D eigenvalue weighted by atomic mass is 32.2. The van der Waals surface area contributed by atoms with Gasteiger partial charge in [0, 0.05) is 6.42 Å². The molecule has 0 radical (unpaired) electrons. The standard InChI is InChI=1S/C15H21BN2O7S/c1-3-24-15(20)11-6-4-5-10-9-12(16(21)25-14(10)11)18-13(19)7-8-26(22,23)17-2/h4-6,12,17,21H,3,7-9H2,1-2H3,(H,18,19)/t12-/m0/s1. The fourth-order valence-corrected chi connectivity index (χ4v) is 3.18. The lowest BCUT2D eigenvalue weighted by molar-refractivity contribution is -0.121. The van der Waals surface area contributed by atoms with Gasteiger partial charge in [-0.1, -0.05) is 12.1 Å².